The molecule has 0 heteroatoms. The van der Waals surface area contributed by atoms with Crippen LogP contribution in [0, 0.1) is 0 Å². The Bertz CT molecular complexity index is 192. The van der Waals surface area contributed by atoms with Crippen molar-refractivity contribution in [1.82, 2.24) is 0 Å². The minimum atomic E-state index is 1.09. The smallest absolute Gasteiger partial charge is 0.0169 e. The maximum absolute atomic E-state index is 2.26. The Labute approximate surface area is 81.4 Å². The fraction of sp³-hybridized carbons (Fsp3) is 0.385. The quantitative estimate of drug-likeness (QED) is 0.483. The van der Waals surface area contributed by atoms with Gasteiger partial charge in [-0.25, -0.2) is 0 Å². The van der Waals surface area contributed by atoms with E-state index in [9.17, 15) is 0 Å². The Kier molecular flexibility index (Phi) is 5.87. The molecule has 0 unspecified atom stereocenters. The average molecular weight is 174 g/mol. The van der Waals surface area contributed by atoms with E-state index in [1.165, 1.54) is 0 Å². The molecule has 0 saturated heterocycles. The molecule has 0 aromatic heterocycles. The Morgan fingerprint density at radius 3 is 1.46 bits per heavy atom. The van der Waals surface area contributed by atoms with Gasteiger partial charge in [0.1, 0.15) is 0 Å². The molecule has 0 radical (unpaired) electrons. The van der Waals surface area contributed by atoms with E-state index in [4.69, 9.17) is 0 Å². The molecule has 13 heavy (non-hydrogen) atoms. The fourth-order valence-corrected chi connectivity index (χ4v) is 1.24. The van der Waals surface area contributed by atoms with Gasteiger partial charge < -0.3 is 0 Å². The van der Waals surface area contributed by atoms with Crippen LogP contribution in [0.25, 0.3) is 0 Å². The second kappa shape index (κ2) is 7.60. The zero-order valence-electron chi connectivity index (χ0n) is 8.15. The van der Waals surface area contributed by atoms with Crippen molar-refractivity contribution in [3.63, 3.8) is 0 Å². The maximum Gasteiger partial charge on any atom is -0.0169 e. The second-order valence-corrected chi connectivity index (χ2v) is 3.19. The predicted octanol–water partition coefficient (Wildman–Crippen LogP) is 4.18. The van der Waals surface area contributed by atoms with Crippen molar-refractivity contribution < 1.29 is 0 Å². The molecule has 0 N–H and O–H groups in total. The minimum Gasteiger partial charge on any atom is -0.0879 e. The van der Waals surface area contributed by atoms with Crippen molar-refractivity contribution in [3.8, 4) is 0 Å². The van der Waals surface area contributed by atoms with Gasteiger partial charge in [-0.2, -0.15) is 0 Å². The summed E-state index contributed by atoms with van der Waals surface area (Å²) < 4.78 is 0. The molecule has 0 aliphatic heterocycles. The van der Waals surface area contributed by atoms with Crippen LogP contribution < -0.4 is 0 Å². The topological polar surface area (TPSA) is 0 Å². The lowest BCUT2D eigenvalue weighted by molar-refractivity contribution is 1.04. The van der Waals surface area contributed by atoms with E-state index in [1.807, 2.05) is 0 Å². The summed E-state index contributed by atoms with van der Waals surface area (Å²) >= 11 is 0. The first-order valence-corrected chi connectivity index (χ1v) is 5.12. The molecule has 0 aromatic rings. The maximum atomic E-state index is 2.26. The molecule has 0 aromatic carbocycles. The summed E-state index contributed by atoms with van der Waals surface area (Å²) in [4.78, 5) is 0. The largest absolute Gasteiger partial charge is 0.0879 e. The van der Waals surface area contributed by atoms with Crippen molar-refractivity contribution in [3.05, 3.63) is 48.6 Å². The van der Waals surface area contributed by atoms with Crippen molar-refractivity contribution in [2.24, 2.45) is 0 Å². The van der Waals surface area contributed by atoms with Crippen LogP contribution in [0.4, 0.5) is 0 Å². The van der Waals surface area contributed by atoms with Gasteiger partial charge in [-0.1, -0.05) is 48.6 Å². The first-order chi connectivity index (χ1) is 6.50. The van der Waals surface area contributed by atoms with Crippen LogP contribution in [-0.4, -0.2) is 0 Å². The number of allylic oxidation sites excluding steroid dienone is 8. The van der Waals surface area contributed by atoms with Crippen LogP contribution in [0.1, 0.15) is 32.1 Å². The molecule has 70 valence electrons. The Hall–Kier alpha value is -1.04. The summed E-state index contributed by atoms with van der Waals surface area (Å²) in [7, 11) is 0. The first-order valence-electron chi connectivity index (χ1n) is 5.12. The van der Waals surface area contributed by atoms with E-state index in [1.54, 1.807) is 0 Å². The van der Waals surface area contributed by atoms with Gasteiger partial charge >= 0.3 is 0 Å². The zero-order valence-corrected chi connectivity index (χ0v) is 8.15. The summed E-state index contributed by atoms with van der Waals surface area (Å²) in [5.41, 5.74) is 0. The number of hydrogen-bond acceptors (Lipinski definition) is 0. The molecule has 0 amide bonds. The van der Waals surface area contributed by atoms with E-state index < -0.39 is 0 Å². The highest BCUT2D eigenvalue weighted by Crippen LogP contribution is 1.99. The molecule has 0 bridgehead atoms. The molecule has 0 heterocycles. The highest BCUT2D eigenvalue weighted by molar-refractivity contribution is 5.04. The number of hydrogen-bond donors (Lipinski definition) is 0. The summed E-state index contributed by atoms with van der Waals surface area (Å²) in [6.07, 6.45) is 23.5. The molecule has 1 rings (SSSR count). The molecule has 1 aliphatic carbocycles. The molecule has 0 atom stereocenters. The predicted molar refractivity (Wildman–Crippen MR) is 59.6 cm³/mol. The third-order valence-corrected chi connectivity index (χ3v) is 1.99. The van der Waals surface area contributed by atoms with Crippen LogP contribution in [0.3, 0.4) is 0 Å². The average Bonchev–Trinajstić information content (AvgIpc) is 2.18. The third kappa shape index (κ3) is 6.15. The Morgan fingerprint density at radius 1 is 0.462 bits per heavy atom. The van der Waals surface area contributed by atoms with Gasteiger partial charge in [-0.3, -0.25) is 0 Å². The normalized spacial score (nSPS) is 28.9. The molecule has 0 spiro atoms. The lowest BCUT2D eigenvalue weighted by atomic mass is 10.2. The highest BCUT2D eigenvalue weighted by atomic mass is 13.9. The van der Waals surface area contributed by atoms with Crippen LogP contribution in [0.2, 0.25) is 0 Å². The van der Waals surface area contributed by atoms with Crippen molar-refractivity contribution in [2.45, 2.75) is 32.1 Å². The van der Waals surface area contributed by atoms with E-state index in [0.717, 1.165) is 32.1 Å². The van der Waals surface area contributed by atoms with Crippen molar-refractivity contribution >= 4 is 0 Å². The van der Waals surface area contributed by atoms with E-state index >= 15 is 0 Å². The lowest BCUT2D eigenvalue weighted by Crippen LogP contribution is -1.64. The summed E-state index contributed by atoms with van der Waals surface area (Å²) in [6, 6.07) is 0. The zero-order chi connectivity index (χ0) is 9.19. The van der Waals surface area contributed by atoms with Crippen LogP contribution in [0.15, 0.2) is 48.6 Å². The third-order valence-electron chi connectivity index (χ3n) is 1.99. The van der Waals surface area contributed by atoms with Crippen LogP contribution in [0.5, 0.6) is 0 Å². The fourth-order valence-electron chi connectivity index (χ4n) is 1.24. The second-order valence-electron chi connectivity index (χ2n) is 3.19. The minimum absolute atomic E-state index is 1.09. The van der Waals surface area contributed by atoms with Crippen LogP contribution in [-0.2, 0) is 0 Å². The van der Waals surface area contributed by atoms with E-state index in [0.29, 0.717) is 0 Å². The van der Waals surface area contributed by atoms with Crippen LogP contribution >= 0.6 is 0 Å². The molecule has 0 fully saturated rings. The van der Waals surface area contributed by atoms with Crippen molar-refractivity contribution in [1.29, 1.82) is 0 Å². The lowest BCUT2D eigenvalue weighted by Gasteiger charge is -1.85. The SMILES string of the molecule is C1=C/CC/C=C/C/C=C/CC/C=C/1. The number of rotatable bonds is 0. The molecular weight excluding hydrogens is 156 g/mol. The highest BCUT2D eigenvalue weighted by Gasteiger charge is 1.79. The van der Waals surface area contributed by atoms with Gasteiger partial charge in [-0.15, -0.1) is 0 Å². The molecule has 0 nitrogen and oxygen atoms in total. The molecule has 0 saturated carbocycles. The van der Waals surface area contributed by atoms with Gasteiger partial charge in [0, 0.05) is 0 Å². The van der Waals surface area contributed by atoms with Gasteiger partial charge in [0.05, 0.1) is 0 Å². The summed E-state index contributed by atoms with van der Waals surface area (Å²) in [5.74, 6) is 0. The summed E-state index contributed by atoms with van der Waals surface area (Å²) in [6.45, 7) is 0. The first kappa shape index (κ1) is 10.0. The van der Waals surface area contributed by atoms with Gasteiger partial charge in [0.15, 0.2) is 0 Å². The monoisotopic (exact) mass is 174 g/mol. The van der Waals surface area contributed by atoms with E-state index in [-0.39, 0.29) is 0 Å². The Morgan fingerprint density at radius 2 is 0.923 bits per heavy atom. The summed E-state index contributed by atoms with van der Waals surface area (Å²) in [5, 5.41) is 0. The van der Waals surface area contributed by atoms with Gasteiger partial charge in [0.2, 0.25) is 0 Å². The van der Waals surface area contributed by atoms with Crippen molar-refractivity contribution in [2.75, 3.05) is 0 Å². The van der Waals surface area contributed by atoms with Gasteiger partial charge in [-0.05, 0) is 32.1 Å². The van der Waals surface area contributed by atoms with E-state index in [2.05, 4.69) is 48.6 Å². The Balaban J connectivity index is 2.38. The molecular formula is C13H18. The molecule has 1 aliphatic rings. The standard InChI is InChI=1S/C13H18/c1-2-4-6-8-10-12-13-11-9-7-5-3-1/h1-4,9-12H,5-8,13H2/b3-1+,4-2+,11-9+,12-10+. The van der Waals surface area contributed by atoms with Gasteiger partial charge in [0.25, 0.3) is 0 Å².